The first kappa shape index (κ1) is 11.0. The highest BCUT2D eigenvalue weighted by Crippen LogP contribution is 2.17. The van der Waals surface area contributed by atoms with Gasteiger partial charge < -0.3 is 15.4 Å². The van der Waals surface area contributed by atoms with Gasteiger partial charge in [-0.2, -0.15) is 0 Å². The third-order valence-electron chi connectivity index (χ3n) is 2.65. The van der Waals surface area contributed by atoms with Crippen molar-refractivity contribution in [2.45, 2.75) is 25.8 Å². The van der Waals surface area contributed by atoms with Crippen molar-refractivity contribution < 1.29 is 4.74 Å². The van der Waals surface area contributed by atoms with Crippen molar-refractivity contribution in [2.24, 2.45) is 5.92 Å². The predicted molar refractivity (Wildman–Crippen MR) is 54.9 cm³/mol. The normalized spacial score (nSPS) is 30.7. The fourth-order valence-electron chi connectivity index (χ4n) is 1.65. The minimum absolute atomic E-state index is 0.224. The third kappa shape index (κ3) is 3.63. The lowest BCUT2D eigenvalue weighted by Crippen LogP contribution is -2.45. The molecule has 0 aromatic rings. The fourth-order valence-corrected chi connectivity index (χ4v) is 1.65. The first-order valence-electron chi connectivity index (χ1n) is 5.14. The summed E-state index contributed by atoms with van der Waals surface area (Å²) in [5.74, 6) is 0.683. The van der Waals surface area contributed by atoms with E-state index in [1.165, 1.54) is 0 Å². The van der Waals surface area contributed by atoms with Gasteiger partial charge in [-0.1, -0.05) is 6.92 Å². The van der Waals surface area contributed by atoms with Crippen LogP contribution in [-0.4, -0.2) is 38.9 Å². The Morgan fingerprint density at radius 2 is 2.23 bits per heavy atom. The quantitative estimate of drug-likeness (QED) is 0.660. The molecule has 0 saturated carbocycles. The van der Waals surface area contributed by atoms with Gasteiger partial charge in [-0.3, -0.25) is 0 Å². The second-order valence-corrected chi connectivity index (χ2v) is 4.41. The topological polar surface area (TPSA) is 33.3 Å². The molecule has 2 unspecified atom stereocenters. The molecule has 1 heterocycles. The number of rotatable bonds is 5. The third-order valence-corrected chi connectivity index (χ3v) is 2.65. The van der Waals surface area contributed by atoms with Gasteiger partial charge >= 0.3 is 0 Å². The van der Waals surface area contributed by atoms with E-state index in [2.05, 4.69) is 24.5 Å². The van der Waals surface area contributed by atoms with Crippen LogP contribution in [0.3, 0.4) is 0 Å². The van der Waals surface area contributed by atoms with Crippen LogP contribution < -0.4 is 10.6 Å². The molecule has 1 aliphatic rings. The van der Waals surface area contributed by atoms with E-state index in [0.717, 1.165) is 32.7 Å². The highest BCUT2D eigenvalue weighted by atomic mass is 16.5. The molecule has 0 spiro atoms. The van der Waals surface area contributed by atoms with Crippen molar-refractivity contribution in [1.82, 2.24) is 10.6 Å². The van der Waals surface area contributed by atoms with E-state index in [4.69, 9.17) is 4.74 Å². The summed E-state index contributed by atoms with van der Waals surface area (Å²) < 4.78 is 5.37. The summed E-state index contributed by atoms with van der Waals surface area (Å²) in [7, 11) is 2.00. The highest BCUT2D eigenvalue weighted by Gasteiger charge is 2.28. The highest BCUT2D eigenvalue weighted by molar-refractivity contribution is 4.87. The number of hydrogen-bond donors (Lipinski definition) is 2. The smallest absolute Gasteiger partial charge is 0.0646 e. The number of hydrogen-bond acceptors (Lipinski definition) is 3. The lowest BCUT2D eigenvalue weighted by molar-refractivity contribution is 0.170. The molecular weight excluding hydrogens is 164 g/mol. The van der Waals surface area contributed by atoms with Gasteiger partial charge in [0.2, 0.25) is 0 Å². The van der Waals surface area contributed by atoms with Crippen LogP contribution in [0.4, 0.5) is 0 Å². The second kappa shape index (κ2) is 4.94. The molecule has 13 heavy (non-hydrogen) atoms. The van der Waals surface area contributed by atoms with Crippen LogP contribution in [0.5, 0.6) is 0 Å². The van der Waals surface area contributed by atoms with E-state index in [1.807, 2.05) is 7.05 Å². The van der Waals surface area contributed by atoms with E-state index in [-0.39, 0.29) is 5.54 Å². The number of nitrogens with one attached hydrogen (secondary N) is 2. The molecule has 1 fully saturated rings. The zero-order valence-electron chi connectivity index (χ0n) is 9.02. The molecule has 0 aliphatic carbocycles. The Hall–Kier alpha value is -0.120. The van der Waals surface area contributed by atoms with Gasteiger partial charge in [0.25, 0.3) is 0 Å². The van der Waals surface area contributed by atoms with Crippen molar-refractivity contribution in [3.05, 3.63) is 0 Å². The molecule has 78 valence electrons. The molecule has 1 rings (SSSR count). The Morgan fingerprint density at radius 3 is 2.77 bits per heavy atom. The van der Waals surface area contributed by atoms with Crippen LogP contribution >= 0.6 is 0 Å². The lowest BCUT2D eigenvalue weighted by Gasteiger charge is -2.25. The Morgan fingerprint density at radius 1 is 1.46 bits per heavy atom. The molecule has 2 N–H and O–H groups in total. The Bertz CT molecular complexity index is 144. The first-order chi connectivity index (χ1) is 6.16. The maximum absolute atomic E-state index is 5.37. The van der Waals surface area contributed by atoms with E-state index in [0.29, 0.717) is 5.92 Å². The Kier molecular flexibility index (Phi) is 4.16. The van der Waals surface area contributed by atoms with Gasteiger partial charge in [0.15, 0.2) is 0 Å². The summed E-state index contributed by atoms with van der Waals surface area (Å²) in [6.07, 6.45) is 1.14. The summed E-state index contributed by atoms with van der Waals surface area (Å²) in [5.41, 5.74) is 0.224. The molecule has 3 heteroatoms. The van der Waals surface area contributed by atoms with E-state index in [1.54, 1.807) is 0 Å². The summed E-state index contributed by atoms with van der Waals surface area (Å²) in [6, 6.07) is 0. The minimum Gasteiger partial charge on any atom is -0.379 e. The monoisotopic (exact) mass is 186 g/mol. The summed E-state index contributed by atoms with van der Waals surface area (Å²) in [4.78, 5) is 0. The molecule has 0 radical (unpaired) electrons. The molecule has 0 aromatic heterocycles. The average molecular weight is 186 g/mol. The number of ether oxygens (including phenoxy) is 1. The van der Waals surface area contributed by atoms with Crippen LogP contribution in [-0.2, 0) is 4.74 Å². The van der Waals surface area contributed by atoms with Crippen LogP contribution in [0, 0.1) is 5.92 Å². The zero-order valence-corrected chi connectivity index (χ0v) is 9.02. The fraction of sp³-hybridized carbons (Fsp3) is 1.00. The lowest BCUT2D eigenvalue weighted by atomic mass is 10.0. The average Bonchev–Trinajstić information content (AvgIpc) is 2.51. The second-order valence-electron chi connectivity index (χ2n) is 4.41. The molecule has 0 aromatic carbocycles. The van der Waals surface area contributed by atoms with Crippen molar-refractivity contribution in [3.8, 4) is 0 Å². The first-order valence-corrected chi connectivity index (χ1v) is 5.14. The molecule has 1 aliphatic heterocycles. The van der Waals surface area contributed by atoms with Crippen molar-refractivity contribution >= 4 is 0 Å². The van der Waals surface area contributed by atoms with Crippen LogP contribution in [0.1, 0.15) is 20.3 Å². The van der Waals surface area contributed by atoms with Gasteiger partial charge in [-0.15, -0.1) is 0 Å². The van der Waals surface area contributed by atoms with Gasteiger partial charge in [-0.25, -0.2) is 0 Å². The SMILES string of the molecule is CNCC(C)CNC1(C)CCOC1. The standard InChI is InChI=1S/C10H22N2O/c1-9(6-11-3)7-12-10(2)4-5-13-8-10/h9,11-12H,4-8H2,1-3H3. The zero-order chi connectivity index (χ0) is 9.73. The molecule has 3 nitrogen and oxygen atoms in total. The van der Waals surface area contributed by atoms with Gasteiger partial charge in [0.05, 0.1) is 6.61 Å². The van der Waals surface area contributed by atoms with Crippen molar-refractivity contribution in [1.29, 1.82) is 0 Å². The van der Waals surface area contributed by atoms with Crippen molar-refractivity contribution in [2.75, 3.05) is 33.4 Å². The summed E-state index contributed by atoms with van der Waals surface area (Å²) in [6.45, 7) is 8.41. The largest absolute Gasteiger partial charge is 0.379 e. The van der Waals surface area contributed by atoms with Crippen LogP contribution in [0.25, 0.3) is 0 Å². The molecule has 0 amide bonds. The maximum atomic E-state index is 5.37. The van der Waals surface area contributed by atoms with E-state index >= 15 is 0 Å². The molecule has 2 atom stereocenters. The van der Waals surface area contributed by atoms with E-state index in [9.17, 15) is 0 Å². The summed E-state index contributed by atoms with van der Waals surface area (Å²) in [5, 5.41) is 6.76. The predicted octanol–water partition coefficient (Wildman–Crippen LogP) is 0.610. The van der Waals surface area contributed by atoms with Crippen molar-refractivity contribution in [3.63, 3.8) is 0 Å². The molecule has 1 saturated heterocycles. The van der Waals surface area contributed by atoms with E-state index < -0.39 is 0 Å². The maximum Gasteiger partial charge on any atom is 0.0646 e. The van der Waals surface area contributed by atoms with Crippen LogP contribution in [0.2, 0.25) is 0 Å². The molecular formula is C10H22N2O. The molecule has 0 bridgehead atoms. The van der Waals surface area contributed by atoms with Gasteiger partial charge in [0, 0.05) is 12.1 Å². The minimum atomic E-state index is 0.224. The summed E-state index contributed by atoms with van der Waals surface area (Å²) >= 11 is 0. The van der Waals surface area contributed by atoms with Gasteiger partial charge in [0.1, 0.15) is 0 Å². The Labute approximate surface area is 81.2 Å². The van der Waals surface area contributed by atoms with Crippen LogP contribution in [0.15, 0.2) is 0 Å². The van der Waals surface area contributed by atoms with Gasteiger partial charge in [-0.05, 0) is 39.4 Å². The Balaban J connectivity index is 2.17.